The number of phosphoric ester groups is 1. The van der Waals surface area contributed by atoms with Gasteiger partial charge in [0.05, 0.1) is 34.3 Å². The summed E-state index contributed by atoms with van der Waals surface area (Å²) >= 11 is 0. The van der Waals surface area contributed by atoms with Crippen molar-refractivity contribution in [3.8, 4) is 0 Å². The molecule has 2 aliphatic heterocycles. The first kappa shape index (κ1) is 26.3. The molecule has 0 aliphatic carbocycles. The van der Waals surface area contributed by atoms with E-state index in [4.69, 9.17) is 57.2 Å². The maximum atomic E-state index is 12.8. The maximum absolute atomic E-state index is 12.8. The number of hydrogen-bond donors (Lipinski definition) is 0. The molecule has 2 rings (SSSR count). The molecule has 2 aliphatic rings. The Morgan fingerprint density at radius 2 is 1.74 bits per heavy atom. The minimum atomic E-state index is -3.90. The largest absolute Gasteiger partial charge is 0.475 e. The monoisotopic (exact) mass is 527 g/mol. The van der Waals surface area contributed by atoms with Crippen LogP contribution in [-0.4, -0.2) is 90.3 Å². The van der Waals surface area contributed by atoms with Crippen LogP contribution in [0.15, 0.2) is 0 Å². The van der Waals surface area contributed by atoms with Crippen LogP contribution in [0, 0.1) is 13.1 Å². The number of rotatable bonds is 16. The van der Waals surface area contributed by atoms with Gasteiger partial charge in [-0.15, -0.1) is 0 Å². The lowest BCUT2D eigenvalue weighted by Gasteiger charge is -2.26. The Morgan fingerprint density at radius 1 is 1.09 bits per heavy atom. The van der Waals surface area contributed by atoms with Gasteiger partial charge in [0, 0.05) is 27.0 Å². The molecule has 0 spiro atoms. The van der Waals surface area contributed by atoms with Crippen LogP contribution in [0.1, 0.15) is 29.4 Å². The summed E-state index contributed by atoms with van der Waals surface area (Å²) in [5.74, 6) is 0. The van der Waals surface area contributed by atoms with Crippen LogP contribution < -0.4 is 0 Å². The van der Waals surface area contributed by atoms with E-state index in [1.165, 1.54) is 7.11 Å². The minimum absolute atomic E-state index is 0.0108. The number of hydrogen-bond acceptors (Lipinski definition) is 10. The molecular formula is C20H34N2O10P2. The average Bonchev–Trinajstić information content (AvgIpc) is 3.36. The highest BCUT2D eigenvalue weighted by atomic mass is 31.2. The molecule has 194 valence electrons. The van der Waals surface area contributed by atoms with Crippen LogP contribution in [0.3, 0.4) is 0 Å². The van der Waals surface area contributed by atoms with E-state index in [-0.39, 0.29) is 51.7 Å². The van der Waals surface area contributed by atoms with Crippen molar-refractivity contribution in [1.29, 1.82) is 0 Å². The molecule has 9 atom stereocenters. The van der Waals surface area contributed by atoms with Crippen molar-refractivity contribution < 1.29 is 48.7 Å². The molecule has 0 aromatic rings. The highest BCUT2D eigenvalue weighted by Crippen LogP contribution is 2.52. The minimum Gasteiger partial charge on any atom is -0.382 e. The topological polar surface area (TPSA) is 109 Å². The Hall–Kier alpha value is -0.720. The van der Waals surface area contributed by atoms with Gasteiger partial charge in [-0.2, -0.15) is 0 Å². The Balaban J connectivity index is 1.99. The number of phosphoric acid groups is 1. The second-order valence-corrected chi connectivity index (χ2v) is 10.5. The predicted octanol–water partition coefficient (Wildman–Crippen LogP) is 3.63. The molecule has 0 aromatic heterocycles. The lowest BCUT2D eigenvalue weighted by Crippen LogP contribution is -2.30. The summed E-state index contributed by atoms with van der Waals surface area (Å²) in [5, 5.41) is 0. The first-order valence-electron chi connectivity index (χ1n) is 12.0. The second-order valence-electron chi connectivity index (χ2n) is 7.64. The van der Waals surface area contributed by atoms with Gasteiger partial charge in [-0.25, -0.2) is 17.7 Å². The highest BCUT2D eigenvalue weighted by molar-refractivity contribution is 7.48. The van der Waals surface area contributed by atoms with Gasteiger partial charge >= 0.3 is 16.4 Å². The molecule has 12 nitrogen and oxygen atoms in total. The van der Waals surface area contributed by atoms with E-state index in [9.17, 15) is 4.57 Å². The summed E-state index contributed by atoms with van der Waals surface area (Å²) in [6.45, 7) is 17.6. The molecular weight excluding hydrogens is 490 g/mol. The SMILES string of the molecule is [2H]C([3H])OCC1OC(C)CC1OP(OCC[N+]#[C-])OCC1OC(C)CC1OP(=O)(OC)OCC[N+]#[C-]. The molecule has 2 saturated heterocycles. The maximum Gasteiger partial charge on any atom is 0.475 e. The molecule has 0 N–H and O–H groups in total. The number of methoxy groups -OCH3 is 1. The fourth-order valence-corrected chi connectivity index (χ4v) is 5.69. The molecule has 0 amide bonds. The third kappa shape index (κ3) is 9.73. The quantitative estimate of drug-likeness (QED) is 0.168. The van der Waals surface area contributed by atoms with E-state index in [0.717, 1.165) is 0 Å². The van der Waals surface area contributed by atoms with Crippen molar-refractivity contribution in [3.63, 3.8) is 0 Å². The fourth-order valence-electron chi connectivity index (χ4n) is 3.45. The van der Waals surface area contributed by atoms with Crippen molar-refractivity contribution in [2.45, 2.75) is 63.3 Å². The second kappa shape index (κ2) is 15.4. The summed E-state index contributed by atoms with van der Waals surface area (Å²) in [5.41, 5.74) is 0. The highest BCUT2D eigenvalue weighted by Gasteiger charge is 2.42. The number of ether oxygens (including phenoxy) is 3. The normalized spacial score (nSPS) is 33.3. The van der Waals surface area contributed by atoms with Gasteiger partial charge in [-0.05, 0) is 13.8 Å². The van der Waals surface area contributed by atoms with E-state index >= 15 is 0 Å². The first-order valence-corrected chi connectivity index (χ1v) is 13.4. The van der Waals surface area contributed by atoms with Gasteiger partial charge in [0.1, 0.15) is 31.5 Å². The Kier molecular flexibility index (Phi) is 11.9. The standard InChI is InChI=1S/C20H34N2O10P2/c1-15-11-17(19(29-15)13-24-5)31-33(26-9-7-21-3)27-14-20-18(12-16(2)30-20)32-34(23,25-6)28-10-8-22-4/h15-20H,7-14H2,1-2,5-6H3/i5TD. The average molecular weight is 527 g/mol. The Bertz CT molecular complexity index is 787. The van der Waals surface area contributed by atoms with Gasteiger partial charge in [0.15, 0.2) is 0 Å². The number of nitrogens with zero attached hydrogens (tertiary/aromatic N) is 2. The van der Waals surface area contributed by atoms with Gasteiger partial charge < -0.3 is 37.5 Å². The zero-order valence-electron chi connectivity index (χ0n) is 21.6. The molecule has 0 bridgehead atoms. The zero-order valence-corrected chi connectivity index (χ0v) is 21.4. The predicted molar refractivity (Wildman–Crippen MR) is 122 cm³/mol. The molecule has 0 aromatic carbocycles. The lowest BCUT2D eigenvalue weighted by molar-refractivity contribution is -0.0366. The molecule has 14 heteroatoms. The van der Waals surface area contributed by atoms with Gasteiger partial charge in [0.2, 0.25) is 13.1 Å². The zero-order chi connectivity index (χ0) is 26.6. The van der Waals surface area contributed by atoms with Crippen LogP contribution in [0.25, 0.3) is 9.69 Å². The van der Waals surface area contributed by atoms with Gasteiger partial charge in [0.25, 0.3) is 0 Å². The summed E-state index contributed by atoms with van der Waals surface area (Å²) in [6, 6.07) is 0. The summed E-state index contributed by atoms with van der Waals surface area (Å²) in [6.07, 6.45) is -1.64. The molecule has 0 saturated carbocycles. The first-order chi connectivity index (χ1) is 17.2. The Labute approximate surface area is 205 Å². The third-order valence-electron chi connectivity index (χ3n) is 4.94. The Morgan fingerprint density at radius 3 is 2.38 bits per heavy atom. The van der Waals surface area contributed by atoms with E-state index < -0.39 is 47.9 Å². The van der Waals surface area contributed by atoms with Crippen molar-refractivity contribution in [3.05, 3.63) is 22.8 Å². The molecule has 9 unspecified atom stereocenters. The third-order valence-corrected chi connectivity index (χ3v) is 7.61. The van der Waals surface area contributed by atoms with E-state index in [1.54, 1.807) is 0 Å². The van der Waals surface area contributed by atoms with E-state index in [2.05, 4.69) is 9.69 Å². The van der Waals surface area contributed by atoms with Crippen LogP contribution >= 0.6 is 16.4 Å². The molecule has 34 heavy (non-hydrogen) atoms. The van der Waals surface area contributed by atoms with Crippen molar-refractivity contribution in [1.82, 2.24) is 0 Å². The van der Waals surface area contributed by atoms with Crippen molar-refractivity contribution in [2.75, 3.05) is 53.7 Å². The van der Waals surface area contributed by atoms with Crippen molar-refractivity contribution >= 4 is 16.4 Å². The summed E-state index contributed by atoms with van der Waals surface area (Å²) in [4.78, 5) is 6.42. The molecule has 2 fully saturated rings. The summed E-state index contributed by atoms with van der Waals surface area (Å²) in [7, 11) is -6.06. The van der Waals surface area contributed by atoms with Crippen LogP contribution in [0.5, 0.6) is 0 Å². The molecule has 2 heterocycles. The smallest absolute Gasteiger partial charge is 0.382 e. The lowest BCUT2D eigenvalue weighted by atomic mass is 10.1. The summed E-state index contributed by atoms with van der Waals surface area (Å²) < 4.78 is 77.4. The van der Waals surface area contributed by atoms with Gasteiger partial charge in [-0.3, -0.25) is 13.6 Å². The van der Waals surface area contributed by atoms with Crippen LogP contribution in [-0.2, 0) is 45.9 Å². The van der Waals surface area contributed by atoms with E-state index in [1.807, 2.05) is 13.8 Å². The van der Waals surface area contributed by atoms with E-state index in [0.29, 0.717) is 12.8 Å². The van der Waals surface area contributed by atoms with Gasteiger partial charge in [-0.1, -0.05) is 0 Å². The fraction of sp³-hybridized carbons (Fsp3) is 0.900. The van der Waals surface area contributed by atoms with Crippen molar-refractivity contribution in [2.24, 2.45) is 0 Å². The van der Waals surface area contributed by atoms with Crippen LogP contribution in [0.4, 0.5) is 0 Å². The molecule has 0 radical (unpaired) electrons. The van der Waals surface area contributed by atoms with Crippen LogP contribution in [0.2, 0.25) is 0 Å².